The van der Waals surface area contributed by atoms with Crippen LogP contribution in [0.2, 0.25) is 0 Å². The lowest BCUT2D eigenvalue weighted by Crippen LogP contribution is -2.39. The predicted octanol–water partition coefficient (Wildman–Crippen LogP) is 3.56. The quantitative estimate of drug-likeness (QED) is 0.316. The van der Waals surface area contributed by atoms with Gasteiger partial charge in [-0.1, -0.05) is 23.5 Å². The molecule has 182 valence electrons. The highest BCUT2D eigenvalue weighted by molar-refractivity contribution is 14.1. The molecule has 0 fully saturated rings. The molecule has 3 aromatic rings. The van der Waals surface area contributed by atoms with E-state index >= 15 is 0 Å². The van der Waals surface area contributed by atoms with Gasteiger partial charge in [-0.25, -0.2) is 14.2 Å². The molecule has 0 radical (unpaired) electrons. The fourth-order valence-electron chi connectivity index (χ4n) is 3.92. The number of benzene rings is 2. The van der Waals surface area contributed by atoms with Gasteiger partial charge in [-0.05, 0) is 77.9 Å². The van der Waals surface area contributed by atoms with Crippen LogP contribution in [0.25, 0.3) is 6.08 Å². The van der Waals surface area contributed by atoms with Gasteiger partial charge in [0.15, 0.2) is 16.3 Å². The number of carbonyl (C=O) groups is 1. The Labute approximate surface area is 218 Å². The Morgan fingerprint density at radius 1 is 1.23 bits per heavy atom. The molecule has 1 atom stereocenters. The third kappa shape index (κ3) is 4.76. The fourth-order valence-corrected chi connectivity index (χ4v) is 5.82. The van der Waals surface area contributed by atoms with Crippen molar-refractivity contribution in [1.82, 2.24) is 4.57 Å². The number of methoxy groups -OCH3 is 2. The lowest BCUT2D eigenvalue weighted by Gasteiger charge is -2.24. The average Bonchev–Trinajstić information content (AvgIpc) is 3.12. The second-order valence-corrected chi connectivity index (χ2v) is 9.76. The zero-order valence-corrected chi connectivity index (χ0v) is 22.4. The second kappa shape index (κ2) is 10.3. The first-order valence-electron chi connectivity index (χ1n) is 10.7. The first-order chi connectivity index (χ1) is 16.8. The minimum Gasteiger partial charge on any atom is -0.493 e. The molecule has 0 spiro atoms. The Bertz CT molecular complexity index is 1510. The minimum atomic E-state index is -0.793. The van der Waals surface area contributed by atoms with Crippen LogP contribution in [-0.2, 0) is 9.53 Å². The molecule has 0 aliphatic carbocycles. The average molecular weight is 608 g/mol. The molecule has 1 aromatic heterocycles. The summed E-state index contributed by atoms with van der Waals surface area (Å²) in [5.41, 5.74) is 1.71. The number of allylic oxidation sites excluding steroid dienone is 1. The number of hydrogen-bond acceptors (Lipinski definition) is 7. The van der Waals surface area contributed by atoms with Crippen LogP contribution in [-0.4, -0.2) is 31.4 Å². The van der Waals surface area contributed by atoms with Gasteiger partial charge in [-0.3, -0.25) is 9.36 Å². The van der Waals surface area contributed by atoms with Crippen molar-refractivity contribution >= 4 is 46.0 Å². The van der Waals surface area contributed by atoms with Gasteiger partial charge in [0.1, 0.15) is 5.82 Å². The van der Waals surface area contributed by atoms with E-state index in [4.69, 9.17) is 14.2 Å². The second-order valence-electron chi connectivity index (χ2n) is 7.59. The zero-order chi connectivity index (χ0) is 25.3. The van der Waals surface area contributed by atoms with E-state index in [2.05, 4.69) is 27.6 Å². The normalized spacial score (nSPS) is 15.5. The molecule has 0 unspecified atom stereocenters. The Morgan fingerprint density at radius 3 is 2.57 bits per heavy atom. The van der Waals surface area contributed by atoms with E-state index in [9.17, 15) is 14.0 Å². The van der Waals surface area contributed by atoms with Gasteiger partial charge >= 0.3 is 5.97 Å². The number of thiazole rings is 1. The molecule has 0 amide bonds. The molecule has 0 saturated heterocycles. The van der Waals surface area contributed by atoms with Crippen LogP contribution in [0, 0.1) is 9.39 Å². The van der Waals surface area contributed by atoms with Gasteiger partial charge < -0.3 is 14.2 Å². The van der Waals surface area contributed by atoms with Gasteiger partial charge in [0.05, 0.1) is 46.2 Å². The van der Waals surface area contributed by atoms with Crippen LogP contribution in [0.4, 0.5) is 4.39 Å². The van der Waals surface area contributed by atoms with Gasteiger partial charge in [0.25, 0.3) is 5.56 Å². The van der Waals surface area contributed by atoms with Crippen molar-refractivity contribution < 1.29 is 23.4 Å². The highest BCUT2D eigenvalue weighted by atomic mass is 127. The summed E-state index contributed by atoms with van der Waals surface area (Å²) >= 11 is 3.36. The minimum absolute atomic E-state index is 0.175. The number of ether oxygens (including phenoxy) is 3. The van der Waals surface area contributed by atoms with E-state index in [-0.39, 0.29) is 17.7 Å². The van der Waals surface area contributed by atoms with Crippen LogP contribution in [0.15, 0.2) is 57.5 Å². The van der Waals surface area contributed by atoms with Crippen LogP contribution in [0.5, 0.6) is 11.5 Å². The van der Waals surface area contributed by atoms with Crippen molar-refractivity contribution in [3.63, 3.8) is 0 Å². The third-order valence-electron chi connectivity index (χ3n) is 5.46. The Hall–Kier alpha value is -2.99. The number of fused-ring (bicyclic) bond motifs is 1. The van der Waals surface area contributed by atoms with E-state index < -0.39 is 17.8 Å². The zero-order valence-electron chi connectivity index (χ0n) is 19.4. The Kier molecular flexibility index (Phi) is 7.41. The number of rotatable bonds is 6. The Balaban J connectivity index is 1.94. The number of nitrogens with zero attached hydrogens (tertiary/aromatic N) is 2. The molecule has 7 nitrogen and oxygen atoms in total. The lowest BCUT2D eigenvalue weighted by molar-refractivity contribution is -0.139. The van der Waals surface area contributed by atoms with Crippen molar-refractivity contribution in [2.45, 2.75) is 19.9 Å². The molecule has 1 aliphatic rings. The number of hydrogen-bond donors (Lipinski definition) is 0. The molecule has 10 heteroatoms. The van der Waals surface area contributed by atoms with Gasteiger partial charge in [-0.2, -0.15) is 0 Å². The van der Waals surface area contributed by atoms with Crippen molar-refractivity contribution in [1.29, 1.82) is 0 Å². The molecule has 2 aromatic carbocycles. The summed E-state index contributed by atoms with van der Waals surface area (Å²) in [6.45, 7) is 3.59. The van der Waals surface area contributed by atoms with Crippen molar-refractivity contribution in [3.05, 3.63) is 87.9 Å². The third-order valence-corrected chi connectivity index (χ3v) is 7.24. The molecule has 4 rings (SSSR count). The summed E-state index contributed by atoms with van der Waals surface area (Å²) in [6.07, 6.45) is 1.75. The van der Waals surface area contributed by atoms with E-state index in [0.717, 1.165) is 9.13 Å². The van der Waals surface area contributed by atoms with E-state index in [0.29, 0.717) is 32.1 Å². The molecular formula is C25H22FIN2O5S. The first kappa shape index (κ1) is 25.1. The molecule has 1 aliphatic heterocycles. The van der Waals surface area contributed by atoms with Crippen molar-refractivity contribution in [2.75, 3.05) is 20.8 Å². The summed E-state index contributed by atoms with van der Waals surface area (Å²) in [6, 6.07) is 8.60. The summed E-state index contributed by atoms with van der Waals surface area (Å²) in [5, 5.41) is 0. The largest absolute Gasteiger partial charge is 0.493 e. The highest BCUT2D eigenvalue weighted by Gasteiger charge is 2.33. The maximum absolute atomic E-state index is 13.7. The van der Waals surface area contributed by atoms with Crippen LogP contribution >= 0.6 is 33.9 Å². The summed E-state index contributed by atoms with van der Waals surface area (Å²) in [4.78, 5) is 31.5. The highest BCUT2D eigenvalue weighted by Crippen LogP contribution is 2.34. The van der Waals surface area contributed by atoms with Crippen molar-refractivity contribution in [3.8, 4) is 11.5 Å². The van der Waals surface area contributed by atoms with Crippen molar-refractivity contribution in [2.24, 2.45) is 4.99 Å². The molecule has 35 heavy (non-hydrogen) atoms. The smallest absolute Gasteiger partial charge is 0.338 e. The maximum atomic E-state index is 13.7. The summed E-state index contributed by atoms with van der Waals surface area (Å²) in [5.74, 6) is 0.176. The lowest BCUT2D eigenvalue weighted by atomic mass is 9.96. The van der Waals surface area contributed by atoms with Gasteiger partial charge in [0.2, 0.25) is 0 Å². The SMILES string of the molecule is CCOC(=O)C1=C(C)N=c2s/c(=C\c3cc(I)c(OC)c(OC)c3)c(=O)n2[C@H]1c1ccc(F)cc1. The standard InChI is InChI=1S/C25H22FIN2O5S/c1-5-34-24(31)20-13(2)28-25-29(21(20)15-6-8-16(26)9-7-15)23(30)19(35-25)12-14-10-17(27)22(33-4)18(11-14)32-3/h6-12,21H,5H2,1-4H3/b19-12-/t21-/m0/s1. The van der Waals surface area contributed by atoms with Gasteiger partial charge in [0, 0.05) is 0 Å². The van der Waals surface area contributed by atoms with Crippen LogP contribution in [0.3, 0.4) is 0 Å². The molecule has 0 saturated carbocycles. The summed E-state index contributed by atoms with van der Waals surface area (Å²) in [7, 11) is 3.12. The number of esters is 1. The molecule has 0 bridgehead atoms. The van der Waals surface area contributed by atoms with Crippen LogP contribution < -0.4 is 24.4 Å². The van der Waals surface area contributed by atoms with Gasteiger partial charge in [-0.15, -0.1) is 0 Å². The first-order valence-corrected chi connectivity index (χ1v) is 12.5. The molecule has 2 heterocycles. The van der Waals surface area contributed by atoms with E-state index in [1.54, 1.807) is 52.3 Å². The van der Waals surface area contributed by atoms with Crippen LogP contribution in [0.1, 0.15) is 31.0 Å². The topological polar surface area (TPSA) is 79.1 Å². The van der Waals surface area contributed by atoms with E-state index in [1.165, 1.54) is 28.0 Å². The summed E-state index contributed by atoms with van der Waals surface area (Å²) < 4.78 is 32.5. The monoisotopic (exact) mass is 608 g/mol. The molecule has 0 N–H and O–H groups in total. The number of halogens is 2. The van der Waals surface area contributed by atoms with E-state index in [1.807, 2.05) is 6.07 Å². The molecular weight excluding hydrogens is 586 g/mol. The Morgan fingerprint density at radius 2 is 1.94 bits per heavy atom. The number of aromatic nitrogens is 1. The number of carbonyl (C=O) groups excluding carboxylic acids is 1. The maximum Gasteiger partial charge on any atom is 0.338 e. The fraction of sp³-hybridized carbons (Fsp3) is 0.240. The predicted molar refractivity (Wildman–Crippen MR) is 139 cm³/mol.